The average molecular weight is 419 g/mol. The van der Waals surface area contributed by atoms with Crippen LogP contribution in [0, 0.1) is 23.7 Å². The third-order valence-corrected chi connectivity index (χ3v) is 7.57. The number of hydrogen-bond donors (Lipinski definition) is 0. The number of benzene rings is 1. The van der Waals surface area contributed by atoms with Crippen molar-refractivity contribution in [2.75, 3.05) is 0 Å². The van der Waals surface area contributed by atoms with Crippen molar-refractivity contribution in [1.82, 2.24) is 5.16 Å². The molecule has 2 aromatic rings. The molecule has 0 radical (unpaired) electrons. The molecule has 30 heavy (non-hydrogen) atoms. The topological polar surface area (TPSA) is 44.5 Å². The predicted octanol–water partition coefficient (Wildman–Crippen LogP) is 6.07. The highest BCUT2D eigenvalue weighted by molar-refractivity contribution is 5.70. The van der Waals surface area contributed by atoms with E-state index in [-0.39, 0.29) is 23.3 Å². The second-order valence-corrected chi connectivity index (χ2v) is 9.43. The normalized spacial score (nSPS) is 32.2. The average Bonchev–Trinajstić information content (AvgIpc) is 3.41. The lowest BCUT2D eigenvalue weighted by Gasteiger charge is -2.63. The molecule has 6 rings (SSSR count). The number of para-hydroxylation sites is 1. The van der Waals surface area contributed by atoms with Crippen LogP contribution in [0.25, 0.3) is 11.3 Å². The molecule has 0 aliphatic heterocycles. The Morgan fingerprint density at radius 2 is 1.70 bits per heavy atom. The summed E-state index contributed by atoms with van der Waals surface area (Å²) in [6.45, 7) is 0.323. The summed E-state index contributed by atoms with van der Waals surface area (Å²) in [7, 11) is 0. The molecule has 7 heteroatoms. The molecule has 0 N–H and O–H groups in total. The van der Waals surface area contributed by atoms with Crippen molar-refractivity contribution in [1.29, 1.82) is 0 Å². The minimum absolute atomic E-state index is 0.217. The fourth-order valence-electron chi connectivity index (χ4n) is 6.10. The summed E-state index contributed by atoms with van der Waals surface area (Å²) in [6.07, 6.45) is 2.36. The highest BCUT2D eigenvalue weighted by atomic mass is 19.4. The van der Waals surface area contributed by atoms with E-state index in [1.54, 1.807) is 12.1 Å². The lowest BCUT2D eigenvalue weighted by atomic mass is 9.43. The summed E-state index contributed by atoms with van der Waals surface area (Å²) in [4.78, 5) is 0. The van der Waals surface area contributed by atoms with Crippen molar-refractivity contribution >= 4 is 0 Å². The number of alkyl halides is 3. The van der Waals surface area contributed by atoms with Crippen molar-refractivity contribution in [2.24, 2.45) is 23.7 Å². The predicted molar refractivity (Wildman–Crippen MR) is 102 cm³/mol. The molecular formula is C23H24F3NO3. The third kappa shape index (κ3) is 3.22. The van der Waals surface area contributed by atoms with E-state index in [1.165, 1.54) is 25.0 Å². The van der Waals surface area contributed by atoms with E-state index < -0.39 is 6.36 Å². The number of rotatable bonds is 6. The Bertz CT molecular complexity index is 935. The SMILES string of the molecule is FC(F)(F)Oc1ccccc1-c1noc(C2CC2)c1COC1C[C@@H]2CC3C[C@H](C1)C32. The van der Waals surface area contributed by atoms with Gasteiger partial charge in [0.15, 0.2) is 0 Å². The summed E-state index contributed by atoms with van der Waals surface area (Å²) in [5.41, 5.74) is 1.46. The van der Waals surface area contributed by atoms with Crippen molar-refractivity contribution in [3.8, 4) is 17.0 Å². The number of ether oxygens (including phenoxy) is 2. The molecule has 0 bridgehead atoms. The molecule has 4 fully saturated rings. The van der Waals surface area contributed by atoms with Gasteiger partial charge in [0.25, 0.3) is 0 Å². The van der Waals surface area contributed by atoms with E-state index in [2.05, 4.69) is 9.89 Å². The Labute approximate surface area is 172 Å². The highest BCUT2D eigenvalue weighted by Crippen LogP contribution is 2.63. The Morgan fingerprint density at radius 1 is 1.00 bits per heavy atom. The van der Waals surface area contributed by atoms with Gasteiger partial charge in [-0.05, 0) is 74.3 Å². The Balaban J connectivity index is 1.26. The zero-order valence-corrected chi connectivity index (χ0v) is 16.5. The minimum Gasteiger partial charge on any atom is -0.405 e. The number of halogens is 3. The van der Waals surface area contributed by atoms with Gasteiger partial charge in [0.1, 0.15) is 17.2 Å². The first-order valence-corrected chi connectivity index (χ1v) is 10.9. The number of nitrogens with zero attached hydrogens (tertiary/aromatic N) is 1. The first kappa shape index (κ1) is 18.7. The van der Waals surface area contributed by atoms with Crippen molar-refractivity contribution in [2.45, 2.75) is 63.5 Å². The molecule has 4 saturated carbocycles. The quantitative estimate of drug-likeness (QED) is 0.570. The van der Waals surface area contributed by atoms with Crippen molar-refractivity contribution in [3.05, 3.63) is 35.6 Å². The summed E-state index contributed by atoms with van der Waals surface area (Å²) < 4.78 is 54.9. The van der Waals surface area contributed by atoms with Gasteiger partial charge < -0.3 is 14.0 Å². The Hall–Kier alpha value is -2.02. The second kappa shape index (κ2) is 6.74. The van der Waals surface area contributed by atoms with Gasteiger partial charge in [-0.2, -0.15) is 0 Å². The monoisotopic (exact) mass is 419 g/mol. The van der Waals surface area contributed by atoms with Gasteiger partial charge >= 0.3 is 6.36 Å². The molecule has 0 saturated heterocycles. The molecule has 1 aromatic heterocycles. The standard InChI is InChI=1S/C23H24F3NO3/c24-23(25,26)29-19-4-2-1-3-17(19)21-18(22(30-27-21)12-5-6-12)11-28-16-9-14-7-13-8-15(10-16)20(13)14/h1-4,12-16,20H,5-11H2/t13?,14-,15+,16?,20?. The fraction of sp³-hybridized carbons (Fsp3) is 0.609. The van der Waals surface area contributed by atoms with E-state index in [0.29, 0.717) is 12.3 Å². The lowest BCUT2D eigenvalue weighted by Crippen LogP contribution is -2.56. The van der Waals surface area contributed by atoms with Crippen molar-refractivity contribution < 1.29 is 27.2 Å². The van der Waals surface area contributed by atoms with Gasteiger partial charge in [-0.1, -0.05) is 17.3 Å². The molecule has 0 amide bonds. The van der Waals surface area contributed by atoms with Crippen LogP contribution in [-0.2, 0) is 11.3 Å². The van der Waals surface area contributed by atoms with Crippen LogP contribution in [0.15, 0.2) is 28.8 Å². The third-order valence-electron chi connectivity index (χ3n) is 7.57. The van der Waals surface area contributed by atoms with Crippen LogP contribution in [0.4, 0.5) is 13.2 Å². The maximum atomic E-state index is 12.9. The summed E-state index contributed by atoms with van der Waals surface area (Å²) in [5, 5.41) is 4.16. The van der Waals surface area contributed by atoms with Crippen molar-refractivity contribution in [3.63, 3.8) is 0 Å². The zero-order valence-electron chi connectivity index (χ0n) is 16.5. The van der Waals surface area contributed by atoms with Crippen LogP contribution in [0.3, 0.4) is 0 Å². The summed E-state index contributed by atoms with van der Waals surface area (Å²) in [6, 6.07) is 6.10. The van der Waals surface area contributed by atoms with Gasteiger partial charge in [0, 0.05) is 17.0 Å². The highest BCUT2D eigenvalue weighted by Gasteiger charge is 2.57. The molecule has 5 atom stereocenters. The van der Waals surface area contributed by atoms with Crippen LogP contribution in [0.1, 0.15) is 55.8 Å². The second-order valence-electron chi connectivity index (χ2n) is 9.43. The molecular weight excluding hydrogens is 395 g/mol. The van der Waals surface area contributed by atoms with Crippen LogP contribution in [-0.4, -0.2) is 17.6 Å². The van der Waals surface area contributed by atoms with Gasteiger partial charge in [-0.25, -0.2) is 0 Å². The molecule has 1 aromatic carbocycles. The van der Waals surface area contributed by atoms with Crippen LogP contribution >= 0.6 is 0 Å². The van der Waals surface area contributed by atoms with Gasteiger partial charge in [0.05, 0.1) is 12.7 Å². The summed E-state index contributed by atoms with van der Waals surface area (Å²) >= 11 is 0. The maximum Gasteiger partial charge on any atom is 0.573 e. The molecule has 3 unspecified atom stereocenters. The van der Waals surface area contributed by atoms with E-state index in [9.17, 15) is 13.2 Å². The first-order chi connectivity index (χ1) is 14.5. The molecule has 1 heterocycles. The largest absolute Gasteiger partial charge is 0.573 e. The molecule has 160 valence electrons. The van der Waals surface area contributed by atoms with Gasteiger partial charge in [0.2, 0.25) is 0 Å². The van der Waals surface area contributed by atoms with Crippen LogP contribution < -0.4 is 4.74 Å². The molecule has 4 nitrogen and oxygen atoms in total. The number of hydrogen-bond acceptors (Lipinski definition) is 4. The summed E-state index contributed by atoms with van der Waals surface area (Å²) in [5.74, 6) is 4.29. The zero-order chi connectivity index (χ0) is 20.5. The maximum absolute atomic E-state index is 12.9. The van der Waals surface area contributed by atoms with E-state index >= 15 is 0 Å². The molecule has 0 spiro atoms. The molecule has 4 aliphatic carbocycles. The Morgan fingerprint density at radius 3 is 2.37 bits per heavy atom. The van der Waals surface area contributed by atoms with Crippen LogP contribution in [0.2, 0.25) is 0 Å². The first-order valence-electron chi connectivity index (χ1n) is 10.9. The fourth-order valence-corrected chi connectivity index (χ4v) is 6.10. The van der Waals surface area contributed by atoms with Crippen LogP contribution in [0.5, 0.6) is 5.75 Å². The van der Waals surface area contributed by atoms with E-state index in [1.807, 2.05) is 0 Å². The molecule has 4 aliphatic rings. The van der Waals surface area contributed by atoms with E-state index in [4.69, 9.17) is 9.26 Å². The Kier molecular flexibility index (Phi) is 4.21. The number of aromatic nitrogens is 1. The lowest BCUT2D eigenvalue weighted by molar-refractivity contribution is -0.274. The van der Waals surface area contributed by atoms with Gasteiger partial charge in [-0.3, -0.25) is 0 Å². The minimum atomic E-state index is -4.77. The van der Waals surface area contributed by atoms with E-state index in [0.717, 1.165) is 60.7 Å². The smallest absolute Gasteiger partial charge is 0.405 e. The van der Waals surface area contributed by atoms with Gasteiger partial charge in [-0.15, -0.1) is 13.2 Å².